The number of phenolic OH excluding ortho intramolecular Hbond substituents is 1. The van der Waals surface area contributed by atoms with Crippen LogP contribution in [0.2, 0.25) is 5.02 Å². The summed E-state index contributed by atoms with van der Waals surface area (Å²) in [5, 5.41) is 14.3. The van der Waals surface area contributed by atoms with Gasteiger partial charge in [0.25, 0.3) is 0 Å². The number of nitrogens with zero attached hydrogens (tertiary/aromatic N) is 1. The molecule has 3 nitrogen and oxygen atoms in total. The summed E-state index contributed by atoms with van der Waals surface area (Å²) in [6.45, 7) is 3.15. The molecule has 21 heavy (non-hydrogen) atoms. The van der Waals surface area contributed by atoms with E-state index in [-0.39, 0.29) is 5.75 Å². The lowest BCUT2D eigenvalue weighted by molar-refractivity contribution is 0.468. The molecule has 5 heteroatoms. The van der Waals surface area contributed by atoms with E-state index in [1.807, 2.05) is 48.2 Å². The maximum Gasteiger partial charge on any atom is 0.173 e. The molecule has 0 spiro atoms. The molecule has 0 saturated heterocycles. The van der Waals surface area contributed by atoms with Crippen LogP contribution < -0.4 is 10.2 Å². The first kappa shape index (κ1) is 15.6. The molecule has 2 aromatic rings. The van der Waals surface area contributed by atoms with Gasteiger partial charge in [-0.1, -0.05) is 41.9 Å². The second-order valence-electron chi connectivity index (χ2n) is 4.50. The fourth-order valence-corrected chi connectivity index (χ4v) is 2.54. The Bertz CT molecular complexity index is 633. The Balaban J connectivity index is 2.36. The summed E-state index contributed by atoms with van der Waals surface area (Å²) in [5.41, 5.74) is 1.60. The van der Waals surface area contributed by atoms with Gasteiger partial charge in [0.2, 0.25) is 0 Å². The van der Waals surface area contributed by atoms with Gasteiger partial charge in [0.1, 0.15) is 5.75 Å². The fraction of sp³-hybridized carbons (Fsp3) is 0.188. The summed E-state index contributed by atoms with van der Waals surface area (Å²) in [5.74, 6) is 0.244. The van der Waals surface area contributed by atoms with Gasteiger partial charge in [-0.05, 0) is 37.3 Å². The lowest BCUT2D eigenvalue weighted by atomic mass is 10.2. The lowest BCUT2D eigenvalue weighted by Gasteiger charge is -2.27. The van der Waals surface area contributed by atoms with Crippen LogP contribution >= 0.6 is 23.8 Å². The van der Waals surface area contributed by atoms with Gasteiger partial charge in [-0.25, -0.2) is 0 Å². The molecule has 0 aliphatic rings. The van der Waals surface area contributed by atoms with E-state index in [9.17, 15) is 5.11 Å². The molecule has 0 amide bonds. The van der Waals surface area contributed by atoms with E-state index in [0.717, 1.165) is 17.8 Å². The molecule has 2 N–H and O–H groups in total. The van der Waals surface area contributed by atoms with Gasteiger partial charge < -0.3 is 15.3 Å². The number of hydrogen-bond acceptors (Lipinski definition) is 2. The van der Waals surface area contributed by atoms with Crippen molar-refractivity contribution in [3.63, 3.8) is 0 Å². The summed E-state index contributed by atoms with van der Waals surface area (Å²) in [6.07, 6.45) is 0. The van der Waals surface area contributed by atoms with Crippen molar-refractivity contribution in [1.29, 1.82) is 0 Å². The number of thiocarbonyl (C=S) groups is 1. The molecule has 0 aliphatic carbocycles. The van der Waals surface area contributed by atoms with E-state index < -0.39 is 0 Å². The molecule has 0 unspecified atom stereocenters. The van der Waals surface area contributed by atoms with Crippen LogP contribution in [0, 0.1) is 0 Å². The monoisotopic (exact) mass is 320 g/mol. The molecule has 0 saturated carbocycles. The number of nitrogens with one attached hydrogen (secondary N) is 1. The van der Waals surface area contributed by atoms with E-state index in [1.165, 1.54) is 0 Å². The Hall–Kier alpha value is -1.78. The maximum absolute atomic E-state index is 9.96. The molecule has 0 bridgehead atoms. The molecule has 0 heterocycles. The Morgan fingerprint density at radius 2 is 1.86 bits per heavy atom. The average molecular weight is 321 g/mol. The molecule has 2 rings (SSSR count). The van der Waals surface area contributed by atoms with Crippen molar-refractivity contribution < 1.29 is 5.11 Å². The molecule has 0 radical (unpaired) electrons. The van der Waals surface area contributed by atoms with Gasteiger partial charge in [-0.2, -0.15) is 0 Å². The minimum absolute atomic E-state index is 0.244. The number of para-hydroxylation sites is 2. The predicted molar refractivity (Wildman–Crippen MR) is 92.0 cm³/mol. The van der Waals surface area contributed by atoms with Crippen LogP contribution in [0.4, 0.5) is 5.69 Å². The molecule has 2 aromatic carbocycles. The van der Waals surface area contributed by atoms with E-state index in [4.69, 9.17) is 23.8 Å². The maximum atomic E-state index is 9.96. The first-order valence-electron chi connectivity index (χ1n) is 6.70. The summed E-state index contributed by atoms with van der Waals surface area (Å²) < 4.78 is 0. The number of anilines is 1. The first-order valence-corrected chi connectivity index (χ1v) is 7.49. The minimum Gasteiger partial charge on any atom is -0.508 e. The third kappa shape index (κ3) is 3.86. The number of halogens is 1. The number of aromatic hydroxyl groups is 1. The van der Waals surface area contributed by atoms with Crippen LogP contribution in [0.3, 0.4) is 0 Å². The summed E-state index contributed by atoms with van der Waals surface area (Å²) in [7, 11) is 0. The summed E-state index contributed by atoms with van der Waals surface area (Å²) in [6, 6.07) is 14.7. The van der Waals surface area contributed by atoms with E-state index in [0.29, 0.717) is 16.7 Å². The van der Waals surface area contributed by atoms with Crippen LogP contribution in [0.25, 0.3) is 0 Å². The van der Waals surface area contributed by atoms with Crippen molar-refractivity contribution >= 4 is 34.6 Å². The van der Waals surface area contributed by atoms with Gasteiger partial charge in [-0.3, -0.25) is 0 Å². The smallest absolute Gasteiger partial charge is 0.173 e. The first-order chi connectivity index (χ1) is 10.1. The Labute approximate surface area is 135 Å². The van der Waals surface area contributed by atoms with Crippen molar-refractivity contribution in [3.05, 3.63) is 59.1 Å². The molecule has 110 valence electrons. The Morgan fingerprint density at radius 1 is 1.19 bits per heavy atom. The third-order valence-corrected chi connectivity index (χ3v) is 3.72. The van der Waals surface area contributed by atoms with Crippen molar-refractivity contribution in [3.8, 4) is 5.75 Å². The molecular weight excluding hydrogens is 304 g/mol. The van der Waals surface area contributed by atoms with Crippen molar-refractivity contribution in [2.45, 2.75) is 13.5 Å². The zero-order chi connectivity index (χ0) is 15.2. The lowest BCUT2D eigenvalue weighted by Crippen LogP contribution is -2.39. The van der Waals surface area contributed by atoms with Gasteiger partial charge in [0.05, 0.1) is 17.3 Å². The van der Waals surface area contributed by atoms with Crippen molar-refractivity contribution in [2.75, 3.05) is 11.4 Å². The summed E-state index contributed by atoms with van der Waals surface area (Å²) in [4.78, 5) is 1.89. The zero-order valence-corrected chi connectivity index (χ0v) is 13.3. The second-order valence-corrected chi connectivity index (χ2v) is 5.30. The predicted octanol–water partition coefficient (Wildman–Crippen LogP) is 3.95. The standard InChI is InChI=1S/C16H17ClN2OS/c1-2-18-16(21)19(14-9-5-4-8-13(14)17)11-12-7-3-6-10-15(12)20/h3-10,20H,2,11H2,1H3,(H,18,21). The third-order valence-electron chi connectivity index (χ3n) is 3.04. The fourth-order valence-electron chi connectivity index (χ4n) is 2.00. The number of benzene rings is 2. The SMILES string of the molecule is CCNC(=S)N(Cc1ccccc1O)c1ccccc1Cl. The van der Waals surface area contributed by atoms with Crippen LogP contribution in [-0.4, -0.2) is 16.8 Å². The molecule has 0 atom stereocenters. The number of hydrogen-bond donors (Lipinski definition) is 2. The Kier molecular flexibility index (Phi) is 5.42. The largest absolute Gasteiger partial charge is 0.508 e. The van der Waals surface area contributed by atoms with Gasteiger partial charge in [0, 0.05) is 12.1 Å². The summed E-state index contributed by atoms with van der Waals surface area (Å²) >= 11 is 11.7. The molecule has 0 aliphatic heterocycles. The van der Waals surface area contributed by atoms with Crippen LogP contribution in [0.15, 0.2) is 48.5 Å². The molecular formula is C16H17ClN2OS. The zero-order valence-electron chi connectivity index (χ0n) is 11.7. The van der Waals surface area contributed by atoms with E-state index in [2.05, 4.69) is 5.32 Å². The highest BCUT2D eigenvalue weighted by Crippen LogP contribution is 2.28. The van der Waals surface area contributed by atoms with Crippen molar-refractivity contribution in [2.24, 2.45) is 0 Å². The average Bonchev–Trinajstić information content (AvgIpc) is 2.48. The van der Waals surface area contributed by atoms with Gasteiger partial charge >= 0.3 is 0 Å². The van der Waals surface area contributed by atoms with E-state index in [1.54, 1.807) is 12.1 Å². The second kappa shape index (κ2) is 7.29. The topological polar surface area (TPSA) is 35.5 Å². The van der Waals surface area contributed by atoms with Crippen LogP contribution in [0.1, 0.15) is 12.5 Å². The Morgan fingerprint density at radius 3 is 2.52 bits per heavy atom. The molecule has 0 aromatic heterocycles. The minimum atomic E-state index is 0.244. The highest BCUT2D eigenvalue weighted by molar-refractivity contribution is 7.80. The van der Waals surface area contributed by atoms with Crippen LogP contribution in [-0.2, 0) is 6.54 Å². The van der Waals surface area contributed by atoms with Crippen molar-refractivity contribution in [1.82, 2.24) is 5.32 Å². The highest BCUT2D eigenvalue weighted by atomic mass is 35.5. The van der Waals surface area contributed by atoms with Crippen LogP contribution in [0.5, 0.6) is 5.75 Å². The van der Waals surface area contributed by atoms with Gasteiger partial charge in [0.15, 0.2) is 5.11 Å². The van der Waals surface area contributed by atoms with E-state index >= 15 is 0 Å². The number of rotatable bonds is 4. The molecule has 0 fully saturated rings. The quantitative estimate of drug-likeness (QED) is 0.836. The number of phenols is 1. The highest BCUT2D eigenvalue weighted by Gasteiger charge is 2.16. The normalized spacial score (nSPS) is 10.2. The van der Waals surface area contributed by atoms with Gasteiger partial charge in [-0.15, -0.1) is 0 Å².